The molecule has 0 aliphatic carbocycles. The Morgan fingerprint density at radius 3 is 2.58 bits per heavy atom. The molecule has 0 N–H and O–H groups in total. The van der Waals surface area contributed by atoms with Crippen LogP contribution < -0.4 is 9.47 Å². The highest BCUT2D eigenvalue weighted by Gasteiger charge is 2.19. The number of hydrogen-bond donors (Lipinski definition) is 0. The molecular formula is C26H24N4O2S. The molecule has 166 valence electrons. The van der Waals surface area contributed by atoms with Gasteiger partial charge in [0.15, 0.2) is 11.5 Å². The van der Waals surface area contributed by atoms with Gasteiger partial charge in [0.25, 0.3) is 0 Å². The molecule has 0 aliphatic heterocycles. The summed E-state index contributed by atoms with van der Waals surface area (Å²) in [4.78, 5) is 13.9. The summed E-state index contributed by atoms with van der Waals surface area (Å²) < 4.78 is 11.7. The van der Waals surface area contributed by atoms with Gasteiger partial charge in [-0.15, -0.1) is 11.3 Å². The van der Waals surface area contributed by atoms with E-state index in [-0.39, 0.29) is 0 Å². The van der Waals surface area contributed by atoms with Crippen molar-refractivity contribution in [2.24, 2.45) is 4.99 Å². The topological polar surface area (TPSA) is 80.4 Å². The van der Waals surface area contributed by atoms with Gasteiger partial charge in [-0.2, -0.15) is 5.26 Å². The lowest BCUT2D eigenvalue weighted by Gasteiger charge is -2.17. The van der Waals surface area contributed by atoms with Crippen LogP contribution in [0.5, 0.6) is 11.5 Å². The molecule has 0 amide bonds. The summed E-state index contributed by atoms with van der Waals surface area (Å²) in [6.45, 7) is 5.11. The summed E-state index contributed by atoms with van der Waals surface area (Å²) in [6, 6.07) is 13.6. The Hall–Kier alpha value is -3.76. The van der Waals surface area contributed by atoms with E-state index in [0.29, 0.717) is 30.2 Å². The highest BCUT2D eigenvalue weighted by molar-refractivity contribution is 7.07. The molecule has 0 saturated carbocycles. The number of pyridine rings is 1. The molecule has 0 spiro atoms. The molecular weight excluding hydrogens is 432 g/mol. The van der Waals surface area contributed by atoms with E-state index < -0.39 is 0 Å². The van der Waals surface area contributed by atoms with E-state index in [1.807, 2.05) is 54.9 Å². The van der Waals surface area contributed by atoms with Crippen molar-refractivity contribution in [1.82, 2.24) is 9.97 Å². The van der Waals surface area contributed by atoms with Crippen molar-refractivity contribution in [3.05, 3.63) is 81.4 Å². The zero-order valence-corrected chi connectivity index (χ0v) is 19.6. The first kappa shape index (κ1) is 22.4. The summed E-state index contributed by atoms with van der Waals surface area (Å²) in [7, 11) is 1.62. The molecule has 33 heavy (non-hydrogen) atoms. The van der Waals surface area contributed by atoms with Gasteiger partial charge in [0.1, 0.15) is 6.61 Å². The number of thiazole rings is 1. The summed E-state index contributed by atoms with van der Waals surface area (Å²) >= 11 is 1.54. The van der Waals surface area contributed by atoms with Crippen molar-refractivity contribution in [1.29, 1.82) is 5.26 Å². The van der Waals surface area contributed by atoms with Crippen LogP contribution in [-0.2, 0) is 13.0 Å². The molecule has 0 fully saturated rings. The van der Waals surface area contributed by atoms with Crippen LogP contribution in [0.1, 0.15) is 41.8 Å². The first-order valence-electron chi connectivity index (χ1n) is 10.7. The van der Waals surface area contributed by atoms with Crippen molar-refractivity contribution in [3.63, 3.8) is 0 Å². The minimum Gasteiger partial charge on any atom is -0.493 e. The van der Waals surface area contributed by atoms with Gasteiger partial charge >= 0.3 is 0 Å². The Morgan fingerprint density at radius 1 is 1.12 bits per heavy atom. The summed E-state index contributed by atoms with van der Waals surface area (Å²) in [6.07, 6.45) is 2.71. The van der Waals surface area contributed by atoms with E-state index in [0.717, 1.165) is 45.4 Å². The predicted molar refractivity (Wildman–Crippen MR) is 131 cm³/mol. The number of rotatable bonds is 8. The van der Waals surface area contributed by atoms with Crippen molar-refractivity contribution in [2.75, 3.05) is 13.7 Å². The standard InChI is InChI=1S/C26H24N4O2S/c1-4-18-13-29-22-11-23(31-3)24(32-14-20-15-33-16-30-20)10-21(22)25(18)26(28-5-2)19-8-6-17(12-27)7-9-19/h6-11,13,15-16H,4-5,14H2,1-3H3. The molecule has 2 aromatic heterocycles. The second kappa shape index (κ2) is 10.2. The van der Waals surface area contributed by atoms with Gasteiger partial charge in [0.05, 0.1) is 41.2 Å². The zero-order valence-electron chi connectivity index (χ0n) is 18.8. The lowest BCUT2D eigenvalue weighted by Crippen LogP contribution is -2.10. The molecule has 0 atom stereocenters. The van der Waals surface area contributed by atoms with Crippen molar-refractivity contribution in [2.45, 2.75) is 26.9 Å². The number of nitrogens with zero attached hydrogens (tertiary/aromatic N) is 4. The summed E-state index contributed by atoms with van der Waals surface area (Å²) in [5, 5.41) is 12.1. The van der Waals surface area contributed by atoms with Crippen molar-refractivity contribution >= 4 is 28.0 Å². The smallest absolute Gasteiger partial charge is 0.162 e. The first-order chi connectivity index (χ1) is 16.2. The molecule has 0 aliphatic rings. The lowest BCUT2D eigenvalue weighted by molar-refractivity contribution is 0.282. The van der Waals surface area contributed by atoms with Gasteiger partial charge in [-0.3, -0.25) is 9.98 Å². The Balaban J connectivity index is 1.89. The minimum absolute atomic E-state index is 0.354. The number of hydrogen-bond acceptors (Lipinski definition) is 7. The SMILES string of the molecule is CCN=C(c1ccc(C#N)cc1)c1c(CC)cnc2cc(OC)c(OCc3cscn3)cc12. The Kier molecular flexibility index (Phi) is 6.96. The van der Waals surface area contributed by atoms with Gasteiger partial charge in [-0.25, -0.2) is 4.98 Å². The first-order valence-corrected chi connectivity index (χ1v) is 11.7. The van der Waals surface area contributed by atoms with Gasteiger partial charge in [-0.1, -0.05) is 19.1 Å². The van der Waals surface area contributed by atoms with Gasteiger partial charge < -0.3 is 9.47 Å². The molecule has 2 aromatic carbocycles. The van der Waals surface area contributed by atoms with Crippen LogP contribution in [0.25, 0.3) is 10.9 Å². The average Bonchev–Trinajstić information content (AvgIpc) is 3.39. The van der Waals surface area contributed by atoms with Crippen LogP contribution in [0.15, 0.2) is 58.5 Å². The van der Waals surface area contributed by atoms with E-state index in [4.69, 9.17) is 19.5 Å². The van der Waals surface area contributed by atoms with E-state index in [1.54, 1.807) is 12.6 Å². The minimum atomic E-state index is 0.354. The molecule has 0 bridgehead atoms. The van der Waals surface area contributed by atoms with Gasteiger partial charge in [-0.05, 0) is 37.1 Å². The van der Waals surface area contributed by atoms with Crippen LogP contribution in [-0.4, -0.2) is 29.3 Å². The number of fused-ring (bicyclic) bond motifs is 1. The number of nitriles is 1. The monoisotopic (exact) mass is 456 g/mol. The second-order valence-electron chi connectivity index (χ2n) is 7.31. The molecule has 2 heterocycles. The highest BCUT2D eigenvalue weighted by Crippen LogP contribution is 2.35. The van der Waals surface area contributed by atoms with Gasteiger partial charge in [0, 0.05) is 40.7 Å². The van der Waals surface area contributed by atoms with E-state index in [1.165, 1.54) is 11.3 Å². The van der Waals surface area contributed by atoms with Gasteiger partial charge in [0.2, 0.25) is 0 Å². The zero-order chi connectivity index (χ0) is 23.2. The molecule has 0 radical (unpaired) electrons. The molecule has 6 nitrogen and oxygen atoms in total. The van der Waals surface area contributed by atoms with Crippen LogP contribution in [0.4, 0.5) is 0 Å². The van der Waals surface area contributed by atoms with Crippen LogP contribution >= 0.6 is 11.3 Å². The lowest BCUT2D eigenvalue weighted by atomic mass is 9.93. The summed E-state index contributed by atoms with van der Waals surface area (Å²) in [5.74, 6) is 1.25. The molecule has 0 saturated heterocycles. The van der Waals surface area contributed by atoms with Crippen LogP contribution in [0.3, 0.4) is 0 Å². The quantitative estimate of drug-likeness (QED) is 0.324. The fourth-order valence-electron chi connectivity index (χ4n) is 3.70. The molecule has 7 heteroatoms. The van der Waals surface area contributed by atoms with Crippen LogP contribution in [0, 0.1) is 11.3 Å². The van der Waals surface area contributed by atoms with E-state index >= 15 is 0 Å². The maximum absolute atomic E-state index is 9.19. The largest absolute Gasteiger partial charge is 0.493 e. The fraction of sp³-hybridized carbons (Fsp3) is 0.231. The molecule has 4 rings (SSSR count). The normalized spacial score (nSPS) is 11.4. The predicted octanol–water partition coefficient (Wildman–Crippen LogP) is 5.57. The fourth-order valence-corrected chi connectivity index (χ4v) is 4.24. The number of aliphatic imine (C=N–C) groups is 1. The maximum Gasteiger partial charge on any atom is 0.162 e. The second-order valence-corrected chi connectivity index (χ2v) is 8.03. The third-order valence-electron chi connectivity index (χ3n) is 5.31. The molecule has 0 unspecified atom stereocenters. The maximum atomic E-state index is 9.19. The number of aromatic nitrogens is 2. The van der Waals surface area contributed by atoms with Crippen LogP contribution in [0.2, 0.25) is 0 Å². The number of benzene rings is 2. The highest BCUT2D eigenvalue weighted by atomic mass is 32.1. The Labute approximate surface area is 197 Å². The van der Waals surface area contributed by atoms with Crippen molar-refractivity contribution in [3.8, 4) is 17.6 Å². The Morgan fingerprint density at radius 2 is 1.94 bits per heavy atom. The average molecular weight is 457 g/mol. The Bertz CT molecular complexity index is 1320. The van der Waals surface area contributed by atoms with Crippen molar-refractivity contribution < 1.29 is 9.47 Å². The van der Waals surface area contributed by atoms with E-state index in [2.05, 4.69) is 18.0 Å². The third kappa shape index (κ3) is 4.71. The van der Waals surface area contributed by atoms with E-state index in [9.17, 15) is 5.26 Å². The molecule has 4 aromatic rings. The number of methoxy groups -OCH3 is 1. The number of ether oxygens (including phenoxy) is 2. The third-order valence-corrected chi connectivity index (χ3v) is 5.95. The number of aryl methyl sites for hydroxylation is 1. The summed E-state index contributed by atoms with van der Waals surface area (Å²) in [5.41, 5.74) is 8.03.